The first kappa shape index (κ1) is 11.0. The molecule has 0 N–H and O–H groups in total. The lowest BCUT2D eigenvalue weighted by Gasteiger charge is -2.15. The van der Waals surface area contributed by atoms with Gasteiger partial charge in [-0.05, 0) is 13.3 Å². The third-order valence-electron chi connectivity index (χ3n) is 2.35. The first-order valence-electron chi connectivity index (χ1n) is 5.15. The lowest BCUT2D eigenvalue weighted by molar-refractivity contribution is -0.129. The molecule has 4 heteroatoms. The van der Waals surface area contributed by atoms with Crippen molar-refractivity contribution in [3.05, 3.63) is 0 Å². The predicted molar refractivity (Wildman–Crippen MR) is 51.8 cm³/mol. The number of unbranched alkanes of at least 4 members (excludes halogenated alkanes) is 2. The zero-order chi connectivity index (χ0) is 10.6. The first-order chi connectivity index (χ1) is 6.66. The van der Waals surface area contributed by atoms with E-state index in [1.54, 1.807) is 0 Å². The van der Waals surface area contributed by atoms with Gasteiger partial charge in [0, 0.05) is 6.42 Å². The second-order valence-electron chi connectivity index (χ2n) is 3.65. The van der Waals surface area contributed by atoms with E-state index in [0.717, 1.165) is 19.3 Å². The van der Waals surface area contributed by atoms with Gasteiger partial charge >= 0.3 is 6.09 Å². The van der Waals surface area contributed by atoms with E-state index in [4.69, 9.17) is 4.74 Å². The Morgan fingerprint density at radius 2 is 2.29 bits per heavy atom. The molecule has 0 aliphatic carbocycles. The molecule has 0 aromatic rings. The number of carbonyl (C=O) groups is 2. The summed E-state index contributed by atoms with van der Waals surface area (Å²) in [7, 11) is 0. The van der Waals surface area contributed by atoms with Crippen molar-refractivity contribution in [3.63, 3.8) is 0 Å². The van der Waals surface area contributed by atoms with Crippen molar-refractivity contribution in [2.45, 2.75) is 45.6 Å². The fourth-order valence-electron chi connectivity index (χ4n) is 1.51. The summed E-state index contributed by atoms with van der Waals surface area (Å²) in [6.07, 6.45) is 2.93. The highest BCUT2D eigenvalue weighted by atomic mass is 16.6. The van der Waals surface area contributed by atoms with Crippen LogP contribution in [-0.2, 0) is 9.53 Å². The molecule has 80 valence electrons. The molecule has 1 fully saturated rings. The van der Waals surface area contributed by atoms with Crippen LogP contribution in [0.2, 0.25) is 0 Å². The van der Waals surface area contributed by atoms with Gasteiger partial charge in [0.1, 0.15) is 6.61 Å². The maximum absolute atomic E-state index is 11.6. The summed E-state index contributed by atoms with van der Waals surface area (Å²) in [5, 5.41) is 0. The van der Waals surface area contributed by atoms with Crippen molar-refractivity contribution in [2.75, 3.05) is 6.61 Å². The van der Waals surface area contributed by atoms with Crippen molar-refractivity contribution in [2.24, 2.45) is 0 Å². The van der Waals surface area contributed by atoms with Gasteiger partial charge < -0.3 is 4.74 Å². The summed E-state index contributed by atoms with van der Waals surface area (Å²) in [5.41, 5.74) is 0. The summed E-state index contributed by atoms with van der Waals surface area (Å²) in [5.74, 6) is -0.103. The predicted octanol–water partition coefficient (Wildman–Crippen LogP) is 1.93. The topological polar surface area (TPSA) is 46.6 Å². The fourth-order valence-corrected chi connectivity index (χ4v) is 1.51. The number of hydrogen-bond donors (Lipinski definition) is 0. The fraction of sp³-hybridized carbons (Fsp3) is 0.800. The van der Waals surface area contributed by atoms with Crippen LogP contribution in [-0.4, -0.2) is 29.5 Å². The molecule has 2 amide bonds. The lowest BCUT2D eigenvalue weighted by Crippen LogP contribution is -2.37. The minimum atomic E-state index is -0.487. The van der Waals surface area contributed by atoms with Gasteiger partial charge in [-0.3, -0.25) is 4.79 Å². The number of amides is 2. The first-order valence-corrected chi connectivity index (χ1v) is 5.15. The highest BCUT2D eigenvalue weighted by molar-refractivity contribution is 5.93. The third-order valence-corrected chi connectivity index (χ3v) is 2.35. The molecule has 1 rings (SSSR count). The normalized spacial score (nSPS) is 21.1. The molecule has 0 aromatic heterocycles. The highest BCUT2D eigenvalue weighted by Crippen LogP contribution is 2.14. The second-order valence-corrected chi connectivity index (χ2v) is 3.65. The van der Waals surface area contributed by atoms with Crippen LogP contribution in [0.25, 0.3) is 0 Å². The van der Waals surface area contributed by atoms with E-state index < -0.39 is 6.09 Å². The quantitative estimate of drug-likeness (QED) is 0.650. The van der Waals surface area contributed by atoms with Crippen molar-refractivity contribution in [1.82, 2.24) is 4.90 Å². The van der Waals surface area contributed by atoms with Crippen LogP contribution in [0, 0.1) is 0 Å². The molecule has 1 atom stereocenters. The molecular formula is C10H17NO3. The van der Waals surface area contributed by atoms with Crippen molar-refractivity contribution in [1.29, 1.82) is 0 Å². The Bertz CT molecular complexity index is 227. The summed E-state index contributed by atoms with van der Waals surface area (Å²) >= 11 is 0. The maximum atomic E-state index is 11.6. The Balaban J connectivity index is 2.39. The summed E-state index contributed by atoms with van der Waals surface area (Å²) in [6, 6.07) is -0.100. The monoisotopic (exact) mass is 199 g/mol. The summed E-state index contributed by atoms with van der Waals surface area (Å²) < 4.78 is 4.77. The van der Waals surface area contributed by atoms with Gasteiger partial charge in [0.25, 0.3) is 0 Å². The standard InChI is InChI=1S/C10H17NO3/c1-3-4-5-6-9(12)11-8(2)7-14-10(11)13/h8H,3-7H2,1-2H3/t8-/m1/s1. The Kier molecular flexibility index (Phi) is 3.92. The van der Waals surface area contributed by atoms with E-state index in [2.05, 4.69) is 6.92 Å². The van der Waals surface area contributed by atoms with Gasteiger partial charge in [-0.25, -0.2) is 9.69 Å². The van der Waals surface area contributed by atoms with Gasteiger partial charge in [0.05, 0.1) is 6.04 Å². The van der Waals surface area contributed by atoms with Crippen LogP contribution in [0.4, 0.5) is 4.79 Å². The second kappa shape index (κ2) is 4.98. The molecule has 0 radical (unpaired) electrons. The highest BCUT2D eigenvalue weighted by Gasteiger charge is 2.34. The number of rotatable bonds is 4. The molecule has 1 heterocycles. The van der Waals surface area contributed by atoms with Crippen LogP contribution in [0.5, 0.6) is 0 Å². The number of imide groups is 1. The largest absolute Gasteiger partial charge is 0.447 e. The Hall–Kier alpha value is -1.06. The van der Waals surface area contributed by atoms with Crippen molar-refractivity contribution >= 4 is 12.0 Å². The van der Waals surface area contributed by atoms with E-state index in [9.17, 15) is 9.59 Å². The van der Waals surface area contributed by atoms with Gasteiger partial charge in [-0.15, -0.1) is 0 Å². The molecule has 1 saturated heterocycles. The van der Waals surface area contributed by atoms with Crippen LogP contribution in [0.15, 0.2) is 0 Å². The number of cyclic esters (lactones) is 1. The molecule has 0 bridgehead atoms. The van der Waals surface area contributed by atoms with Crippen LogP contribution in [0.1, 0.15) is 39.5 Å². The van der Waals surface area contributed by atoms with E-state index in [-0.39, 0.29) is 11.9 Å². The molecule has 1 aliphatic heterocycles. The average Bonchev–Trinajstić information content (AvgIpc) is 2.46. The molecule has 0 saturated carbocycles. The van der Waals surface area contributed by atoms with Crippen LogP contribution >= 0.6 is 0 Å². The van der Waals surface area contributed by atoms with Crippen molar-refractivity contribution < 1.29 is 14.3 Å². The average molecular weight is 199 g/mol. The molecule has 0 unspecified atom stereocenters. The minimum absolute atomic E-state index is 0.100. The van der Waals surface area contributed by atoms with Crippen LogP contribution in [0.3, 0.4) is 0 Å². The van der Waals surface area contributed by atoms with Gasteiger partial charge in [-0.2, -0.15) is 0 Å². The zero-order valence-electron chi connectivity index (χ0n) is 8.78. The Morgan fingerprint density at radius 1 is 1.57 bits per heavy atom. The molecular weight excluding hydrogens is 182 g/mol. The number of ether oxygens (including phenoxy) is 1. The molecule has 4 nitrogen and oxygen atoms in total. The number of carbonyl (C=O) groups excluding carboxylic acids is 2. The van der Waals surface area contributed by atoms with Gasteiger partial charge in [0.2, 0.25) is 5.91 Å². The van der Waals surface area contributed by atoms with E-state index >= 15 is 0 Å². The van der Waals surface area contributed by atoms with E-state index in [0.29, 0.717) is 13.0 Å². The lowest BCUT2D eigenvalue weighted by atomic mass is 10.2. The molecule has 1 aliphatic rings. The maximum Gasteiger partial charge on any atom is 0.416 e. The van der Waals surface area contributed by atoms with Crippen molar-refractivity contribution in [3.8, 4) is 0 Å². The number of hydrogen-bond acceptors (Lipinski definition) is 3. The molecule has 0 aromatic carbocycles. The zero-order valence-corrected chi connectivity index (χ0v) is 8.78. The minimum Gasteiger partial charge on any atom is -0.447 e. The number of nitrogens with zero attached hydrogens (tertiary/aromatic N) is 1. The van der Waals surface area contributed by atoms with Crippen LogP contribution < -0.4 is 0 Å². The van der Waals surface area contributed by atoms with Gasteiger partial charge in [0.15, 0.2) is 0 Å². The summed E-state index contributed by atoms with van der Waals surface area (Å²) in [4.78, 5) is 23.9. The Morgan fingerprint density at radius 3 is 2.79 bits per heavy atom. The van der Waals surface area contributed by atoms with E-state index in [1.807, 2.05) is 6.92 Å². The van der Waals surface area contributed by atoms with Gasteiger partial charge in [-0.1, -0.05) is 19.8 Å². The molecule has 14 heavy (non-hydrogen) atoms. The molecule has 0 spiro atoms. The smallest absolute Gasteiger partial charge is 0.416 e. The Labute approximate surface area is 84.2 Å². The third kappa shape index (κ3) is 2.47. The SMILES string of the molecule is CCCCCC(=O)N1C(=O)OC[C@H]1C. The van der Waals surface area contributed by atoms with E-state index in [1.165, 1.54) is 4.90 Å². The summed E-state index contributed by atoms with van der Waals surface area (Å²) in [6.45, 7) is 4.23.